The lowest BCUT2D eigenvalue weighted by atomic mass is 9.99. The highest BCUT2D eigenvalue weighted by molar-refractivity contribution is 5.77. The van der Waals surface area contributed by atoms with Gasteiger partial charge in [0.2, 0.25) is 6.29 Å². The second kappa shape index (κ2) is 6.21. The van der Waals surface area contributed by atoms with Crippen molar-refractivity contribution in [3.63, 3.8) is 0 Å². The van der Waals surface area contributed by atoms with Gasteiger partial charge in [0, 0.05) is 17.5 Å². The number of aliphatic carboxylic acids is 1. The number of carboxylic acids is 1. The van der Waals surface area contributed by atoms with E-state index in [1.54, 1.807) is 12.1 Å². The fraction of sp³-hybridized carbons (Fsp3) is 0.333. The van der Waals surface area contributed by atoms with Crippen LogP contribution in [0.15, 0.2) is 39.5 Å². The Balaban J connectivity index is 1.86. The Hall–Kier alpha value is -2.46. The van der Waals surface area contributed by atoms with Crippen molar-refractivity contribution >= 4 is 16.9 Å². The number of aliphatic hydroxyl groups excluding tert-OH is 3. The summed E-state index contributed by atoms with van der Waals surface area (Å²) in [5, 5.41) is 38.9. The average molecular weight is 338 g/mol. The molecule has 0 radical (unpaired) electrons. The highest BCUT2D eigenvalue weighted by atomic mass is 16.7. The van der Waals surface area contributed by atoms with Gasteiger partial charge in [0.25, 0.3) is 0 Å². The number of carbonyl (C=O) groups is 1. The van der Waals surface area contributed by atoms with E-state index in [0.29, 0.717) is 5.39 Å². The number of carboxylic acid groups (broad SMARTS) is 1. The second-order valence-electron chi connectivity index (χ2n) is 5.31. The summed E-state index contributed by atoms with van der Waals surface area (Å²) >= 11 is 0. The molecule has 0 amide bonds. The van der Waals surface area contributed by atoms with Gasteiger partial charge in [-0.2, -0.15) is 0 Å². The van der Waals surface area contributed by atoms with Crippen LogP contribution in [0.4, 0.5) is 0 Å². The Labute approximate surface area is 134 Å². The summed E-state index contributed by atoms with van der Waals surface area (Å²) in [6.45, 7) is 0. The molecule has 9 nitrogen and oxygen atoms in total. The molecule has 2 heterocycles. The fourth-order valence-corrected chi connectivity index (χ4v) is 2.40. The van der Waals surface area contributed by atoms with Crippen LogP contribution in [0.25, 0.3) is 11.0 Å². The summed E-state index contributed by atoms with van der Waals surface area (Å²) in [5.74, 6) is -1.39. The van der Waals surface area contributed by atoms with Crippen LogP contribution < -0.4 is 10.4 Å². The Morgan fingerprint density at radius 2 is 1.75 bits per heavy atom. The molecule has 1 aliphatic heterocycles. The molecule has 0 aliphatic carbocycles. The summed E-state index contributed by atoms with van der Waals surface area (Å²) < 4.78 is 15.3. The minimum atomic E-state index is -1.80. The van der Waals surface area contributed by atoms with E-state index in [1.807, 2.05) is 0 Å². The first kappa shape index (κ1) is 16.4. The number of rotatable bonds is 3. The van der Waals surface area contributed by atoms with Crippen LogP contribution in [-0.4, -0.2) is 57.1 Å². The first-order chi connectivity index (χ1) is 11.4. The highest BCUT2D eigenvalue weighted by Gasteiger charge is 2.48. The maximum Gasteiger partial charge on any atom is 0.336 e. The van der Waals surface area contributed by atoms with Crippen LogP contribution in [0, 0.1) is 0 Å². The van der Waals surface area contributed by atoms with E-state index in [4.69, 9.17) is 19.0 Å². The fourth-order valence-electron chi connectivity index (χ4n) is 2.40. The van der Waals surface area contributed by atoms with Gasteiger partial charge in [0.15, 0.2) is 6.10 Å². The SMILES string of the molecule is O=C(O)[C@H]1OC(Oc2ccc3ccc(=O)oc3c2)[C@H](O)[C@@H](O)[C@@H]1O. The van der Waals surface area contributed by atoms with E-state index in [0.717, 1.165) is 0 Å². The Bertz CT molecular complexity index is 814. The van der Waals surface area contributed by atoms with Crippen LogP contribution in [0.5, 0.6) is 5.75 Å². The minimum absolute atomic E-state index is 0.119. The van der Waals surface area contributed by atoms with Crippen molar-refractivity contribution in [2.75, 3.05) is 0 Å². The topological polar surface area (TPSA) is 147 Å². The van der Waals surface area contributed by atoms with Crippen molar-refractivity contribution in [3.05, 3.63) is 40.8 Å². The summed E-state index contributed by atoms with van der Waals surface area (Å²) in [5.41, 5.74) is -0.334. The molecule has 9 heteroatoms. The van der Waals surface area contributed by atoms with E-state index in [2.05, 4.69) is 0 Å². The van der Waals surface area contributed by atoms with Crippen LogP contribution in [0.3, 0.4) is 0 Å². The van der Waals surface area contributed by atoms with Crippen molar-refractivity contribution in [2.24, 2.45) is 0 Å². The summed E-state index contributed by atoms with van der Waals surface area (Å²) in [4.78, 5) is 22.3. The molecule has 1 unspecified atom stereocenters. The zero-order valence-electron chi connectivity index (χ0n) is 12.1. The molecule has 128 valence electrons. The molecular formula is C15H14O9. The average Bonchev–Trinajstić information content (AvgIpc) is 2.54. The number of hydrogen-bond acceptors (Lipinski definition) is 8. The smallest absolute Gasteiger partial charge is 0.336 e. The molecule has 5 atom stereocenters. The first-order valence-electron chi connectivity index (χ1n) is 7.00. The van der Waals surface area contributed by atoms with Gasteiger partial charge in [-0.3, -0.25) is 0 Å². The Kier molecular flexibility index (Phi) is 4.24. The van der Waals surface area contributed by atoms with E-state index in [1.165, 1.54) is 18.2 Å². The van der Waals surface area contributed by atoms with E-state index in [-0.39, 0.29) is 11.3 Å². The van der Waals surface area contributed by atoms with Crippen LogP contribution >= 0.6 is 0 Å². The summed E-state index contributed by atoms with van der Waals surface area (Å²) in [7, 11) is 0. The first-order valence-corrected chi connectivity index (χ1v) is 7.00. The predicted octanol–water partition coefficient (Wildman–Crippen LogP) is -0.936. The third kappa shape index (κ3) is 2.97. The molecule has 0 saturated carbocycles. The van der Waals surface area contributed by atoms with E-state index >= 15 is 0 Å². The number of hydrogen-bond donors (Lipinski definition) is 4. The van der Waals surface area contributed by atoms with Crippen molar-refractivity contribution < 1.29 is 39.1 Å². The lowest BCUT2D eigenvalue weighted by Gasteiger charge is -2.38. The molecule has 2 aromatic rings. The largest absolute Gasteiger partial charge is 0.479 e. The second-order valence-corrected chi connectivity index (χ2v) is 5.31. The summed E-state index contributed by atoms with van der Waals surface area (Å²) in [6.07, 6.45) is -8.52. The summed E-state index contributed by atoms with van der Waals surface area (Å²) in [6, 6.07) is 7.25. The molecule has 1 fully saturated rings. The maximum absolute atomic E-state index is 11.2. The molecule has 0 spiro atoms. The predicted molar refractivity (Wildman–Crippen MR) is 77.4 cm³/mol. The molecule has 3 rings (SSSR count). The lowest BCUT2D eigenvalue weighted by Crippen LogP contribution is -2.61. The van der Waals surface area contributed by atoms with Gasteiger partial charge in [0.05, 0.1) is 0 Å². The molecule has 1 aromatic carbocycles. The minimum Gasteiger partial charge on any atom is -0.479 e. The van der Waals surface area contributed by atoms with Gasteiger partial charge in [-0.25, -0.2) is 9.59 Å². The van der Waals surface area contributed by atoms with Crippen LogP contribution in [0.2, 0.25) is 0 Å². The standard InChI is InChI=1S/C15H14O9/c16-9-4-2-6-1-3-7(5-8(6)23-9)22-15-12(19)10(17)11(18)13(24-15)14(20)21/h1-5,10-13,15,17-19H,(H,20,21)/t10-,11-,12+,13-,15?/m0/s1. The van der Waals surface area contributed by atoms with Gasteiger partial charge in [-0.15, -0.1) is 0 Å². The number of aliphatic hydroxyl groups is 3. The monoisotopic (exact) mass is 338 g/mol. The molecule has 4 N–H and O–H groups in total. The van der Waals surface area contributed by atoms with Gasteiger partial charge in [-0.05, 0) is 18.2 Å². The zero-order valence-corrected chi connectivity index (χ0v) is 12.1. The Morgan fingerprint density at radius 3 is 2.46 bits per heavy atom. The molecule has 1 aliphatic rings. The van der Waals surface area contributed by atoms with Gasteiger partial charge < -0.3 is 34.3 Å². The third-order valence-electron chi connectivity index (χ3n) is 3.66. The van der Waals surface area contributed by atoms with Crippen molar-refractivity contribution in [1.82, 2.24) is 0 Å². The highest BCUT2D eigenvalue weighted by Crippen LogP contribution is 2.26. The molecule has 1 saturated heterocycles. The van der Waals surface area contributed by atoms with Crippen molar-refractivity contribution in [3.8, 4) is 5.75 Å². The lowest BCUT2D eigenvalue weighted by molar-refractivity contribution is -0.271. The van der Waals surface area contributed by atoms with Gasteiger partial charge in [0.1, 0.15) is 29.6 Å². The molecule has 24 heavy (non-hydrogen) atoms. The van der Waals surface area contributed by atoms with Crippen LogP contribution in [0.1, 0.15) is 0 Å². The number of benzene rings is 1. The normalized spacial score (nSPS) is 30.2. The molecule has 0 bridgehead atoms. The Morgan fingerprint density at radius 1 is 1.04 bits per heavy atom. The van der Waals surface area contributed by atoms with Gasteiger partial charge in [-0.1, -0.05) is 0 Å². The van der Waals surface area contributed by atoms with Crippen molar-refractivity contribution in [1.29, 1.82) is 0 Å². The third-order valence-corrected chi connectivity index (χ3v) is 3.66. The molecular weight excluding hydrogens is 324 g/mol. The maximum atomic E-state index is 11.2. The van der Waals surface area contributed by atoms with E-state index < -0.39 is 42.3 Å². The van der Waals surface area contributed by atoms with Crippen LogP contribution in [-0.2, 0) is 9.53 Å². The van der Waals surface area contributed by atoms with E-state index in [9.17, 15) is 24.9 Å². The number of fused-ring (bicyclic) bond motifs is 1. The number of ether oxygens (including phenoxy) is 2. The van der Waals surface area contributed by atoms with Gasteiger partial charge >= 0.3 is 11.6 Å². The zero-order chi connectivity index (χ0) is 17.4. The molecule has 1 aromatic heterocycles. The quantitative estimate of drug-likeness (QED) is 0.521. The van der Waals surface area contributed by atoms with Crippen molar-refractivity contribution in [2.45, 2.75) is 30.7 Å².